The van der Waals surface area contributed by atoms with Crippen LogP contribution in [0.3, 0.4) is 0 Å². The van der Waals surface area contributed by atoms with Crippen LogP contribution in [0.4, 0.5) is 5.69 Å². The monoisotopic (exact) mass is 198 g/mol. The Balaban J connectivity index is 2.54. The number of carboxylic acid groups (broad SMARTS) is 2. The Morgan fingerprint density at radius 2 is 2.14 bits per heavy atom. The number of carbonyl (C=O) groups is 2. The molecule has 0 aliphatic carbocycles. The molecule has 0 saturated carbocycles. The van der Waals surface area contributed by atoms with Gasteiger partial charge >= 0.3 is 11.9 Å². The maximum Gasteiger partial charge on any atom is 0.354 e. The SMILES string of the molecule is O=C(O)CCNc1cc[nH]c1C(=O)O. The van der Waals surface area contributed by atoms with E-state index in [0.29, 0.717) is 5.69 Å². The highest BCUT2D eigenvalue weighted by Gasteiger charge is 2.10. The van der Waals surface area contributed by atoms with Gasteiger partial charge in [-0.25, -0.2) is 4.79 Å². The van der Waals surface area contributed by atoms with Gasteiger partial charge in [0.15, 0.2) is 0 Å². The lowest BCUT2D eigenvalue weighted by Crippen LogP contribution is -2.10. The van der Waals surface area contributed by atoms with Gasteiger partial charge in [-0.05, 0) is 6.07 Å². The van der Waals surface area contributed by atoms with E-state index in [1.807, 2.05) is 0 Å². The number of aliphatic carboxylic acids is 1. The zero-order valence-electron chi connectivity index (χ0n) is 7.28. The van der Waals surface area contributed by atoms with Crippen molar-refractivity contribution in [1.29, 1.82) is 0 Å². The highest BCUT2D eigenvalue weighted by atomic mass is 16.4. The van der Waals surface area contributed by atoms with Gasteiger partial charge in [-0.3, -0.25) is 4.79 Å². The molecule has 0 radical (unpaired) electrons. The van der Waals surface area contributed by atoms with E-state index in [9.17, 15) is 9.59 Å². The van der Waals surface area contributed by atoms with Crippen molar-refractivity contribution in [2.75, 3.05) is 11.9 Å². The summed E-state index contributed by atoms with van der Waals surface area (Å²) >= 11 is 0. The standard InChI is InChI=1S/C8H10N2O4/c11-6(12)2-4-9-5-1-3-10-7(5)8(13)14/h1,3,9-10H,2,4H2,(H,11,12)(H,13,14). The summed E-state index contributed by atoms with van der Waals surface area (Å²) < 4.78 is 0. The van der Waals surface area contributed by atoms with Gasteiger partial charge in [0.2, 0.25) is 0 Å². The molecule has 1 aromatic heterocycles. The van der Waals surface area contributed by atoms with E-state index in [4.69, 9.17) is 10.2 Å². The first kappa shape index (κ1) is 10.1. The van der Waals surface area contributed by atoms with Crippen LogP contribution in [0.5, 0.6) is 0 Å². The largest absolute Gasteiger partial charge is 0.481 e. The van der Waals surface area contributed by atoms with Crippen LogP contribution < -0.4 is 5.32 Å². The molecule has 1 heterocycles. The van der Waals surface area contributed by atoms with Crippen molar-refractivity contribution in [2.45, 2.75) is 6.42 Å². The number of aromatic amines is 1. The molecule has 0 unspecified atom stereocenters. The first-order valence-corrected chi connectivity index (χ1v) is 3.97. The van der Waals surface area contributed by atoms with Crippen LogP contribution in [-0.4, -0.2) is 33.7 Å². The summed E-state index contributed by atoms with van der Waals surface area (Å²) in [6.45, 7) is 0.202. The van der Waals surface area contributed by atoms with Crippen molar-refractivity contribution in [3.05, 3.63) is 18.0 Å². The molecule has 0 amide bonds. The third kappa shape index (κ3) is 2.51. The fourth-order valence-corrected chi connectivity index (χ4v) is 0.998. The Kier molecular flexibility index (Phi) is 3.11. The first-order chi connectivity index (χ1) is 6.61. The molecule has 0 saturated heterocycles. The smallest absolute Gasteiger partial charge is 0.354 e. The minimum Gasteiger partial charge on any atom is -0.481 e. The number of aromatic nitrogens is 1. The summed E-state index contributed by atoms with van der Waals surface area (Å²) in [5.41, 5.74) is 0.439. The van der Waals surface area contributed by atoms with E-state index in [-0.39, 0.29) is 18.7 Å². The molecule has 6 nitrogen and oxygen atoms in total. The average Bonchev–Trinajstić information content (AvgIpc) is 2.51. The number of nitrogens with one attached hydrogen (secondary N) is 2. The van der Waals surface area contributed by atoms with Gasteiger partial charge in [-0.15, -0.1) is 0 Å². The predicted octanol–water partition coefficient (Wildman–Crippen LogP) is 0.599. The van der Waals surface area contributed by atoms with Gasteiger partial charge in [-0.2, -0.15) is 0 Å². The fraction of sp³-hybridized carbons (Fsp3) is 0.250. The van der Waals surface area contributed by atoms with Crippen molar-refractivity contribution in [1.82, 2.24) is 4.98 Å². The molecule has 0 aromatic carbocycles. The summed E-state index contributed by atoms with van der Waals surface area (Å²) in [6, 6.07) is 1.55. The summed E-state index contributed by atoms with van der Waals surface area (Å²) in [6.07, 6.45) is 1.43. The lowest BCUT2D eigenvalue weighted by atomic mass is 10.3. The Hall–Kier alpha value is -1.98. The summed E-state index contributed by atoms with van der Waals surface area (Å²) in [5.74, 6) is -2.00. The maximum absolute atomic E-state index is 10.6. The molecule has 14 heavy (non-hydrogen) atoms. The van der Waals surface area contributed by atoms with Crippen LogP contribution in [-0.2, 0) is 4.79 Å². The Bertz CT molecular complexity index is 345. The van der Waals surface area contributed by atoms with Crippen molar-refractivity contribution >= 4 is 17.6 Å². The zero-order valence-corrected chi connectivity index (χ0v) is 7.28. The lowest BCUT2D eigenvalue weighted by molar-refractivity contribution is -0.136. The topological polar surface area (TPSA) is 102 Å². The third-order valence-corrected chi connectivity index (χ3v) is 1.62. The molecule has 0 spiro atoms. The van der Waals surface area contributed by atoms with Crippen molar-refractivity contribution in [3.63, 3.8) is 0 Å². The summed E-state index contributed by atoms with van der Waals surface area (Å²) in [7, 11) is 0. The van der Waals surface area contributed by atoms with Crippen LogP contribution in [0.25, 0.3) is 0 Å². The molecular weight excluding hydrogens is 188 g/mol. The van der Waals surface area contributed by atoms with Crippen LogP contribution in [0.15, 0.2) is 12.3 Å². The highest BCUT2D eigenvalue weighted by molar-refractivity contribution is 5.92. The molecule has 0 fully saturated rings. The number of anilines is 1. The van der Waals surface area contributed by atoms with Gasteiger partial charge < -0.3 is 20.5 Å². The second-order valence-corrected chi connectivity index (χ2v) is 2.64. The Morgan fingerprint density at radius 1 is 1.43 bits per heavy atom. The minimum absolute atomic E-state index is 0.0374. The minimum atomic E-state index is -1.08. The second-order valence-electron chi connectivity index (χ2n) is 2.64. The van der Waals surface area contributed by atoms with Gasteiger partial charge in [0.25, 0.3) is 0 Å². The summed E-state index contributed by atoms with van der Waals surface area (Å²) in [5, 5.41) is 19.7. The van der Waals surface area contributed by atoms with Crippen molar-refractivity contribution in [3.8, 4) is 0 Å². The quantitative estimate of drug-likeness (QED) is 0.554. The van der Waals surface area contributed by atoms with Crippen LogP contribution in [0.2, 0.25) is 0 Å². The van der Waals surface area contributed by atoms with E-state index in [1.165, 1.54) is 6.20 Å². The van der Waals surface area contributed by atoms with Crippen LogP contribution in [0, 0.1) is 0 Å². The summed E-state index contributed by atoms with van der Waals surface area (Å²) in [4.78, 5) is 23.3. The van der Waals surface area contributed by atoms with E-state index in [2.05, 4.69) is 10.3 Å². The molecule has 1 aromatic rings. The number of carboxylic acids is 2. The number of hydrogen-bond acceptors (Lipinski definition) is 3. The Morgan fingerprint density at radius 3 is 2.71 bits per heavy atom. The van der Waals surface area contributed by atoms with E-state index in [1.54, 1.807) is 6.07 Å². The number of aromatic carboxylic acids is 1. The van der Waals surface area contributed by atoms with Gasteiger partial charge in [0.1, 0.15) is 5.69 Å². The van der Waals surface area contributed by atoms with E-state index in [0.717, 1.165) is 0 Å². The van der Waals surface area contributed by atoms with Gasteiger partial charge in [0.05, 0.1) is 12.1 Å². The van der Waals surface area contributed by atoms with Gasteiger partial charge in [0, 0.05) is 12.7 Å². The normalized spacial score (nSPS) is 9.71. The zero-order chi connectivity index (χ0) is 10.6. The van der Waals surface area contributed by atoms with Crippen LogP contribution in [0.1, 0.15) is 16.9 Å². The molecular formula is C8H10N2O4. The molecule has 6 heteroatoms. The third-order valence-electron chi connectivity index (χ3n) is 1.62. The molecule has 0 bridgehead atoms. The highest BCUT2D eigenvalue weighted by Crippen LogP contribution is 2.12. The number of rotatable bonds is 5. The fourth-order valence-electron chi connectivity index (χ4n) is 0.998. The molecule has 4 N–H and O–H groups in total. The van der Waals surface area contributed by atoms with E-state index >= 15 is 0 Å². The van der Waals surface area contributed by atoms with Crippen LogP contribution >= 0.6 is 0 Å². The van der Waals surface area contributed by atoms with Crippen molar-refractivity contribution in [2.24, 2.45) is 0 Å². The second kappa shape index (κ2) is 4.31. The van der Waals surface area contributed by atoms with Gasteiger partial charge in [-0.1, -0.05) is 0 Å². The lowest BCUT2D eigenvalue weighted by Gasteiger charge is -2.02. The first-order valence-electron chi connectivity index (χ1n) is 3.97. The molecule has 0 aliphatic heterocycles. The van der Waals surface area contributed by atoms with E-state index < -0.39 is 11.9 Å². The molecule has 76 valence electrons. The number of hydrogen-bond donors (Lipinski definition) is 4. The van der Waals surface area contributed by atoms with Crippen molar-refractivity contribution < 1.29 is 19.8 Å². The molecule has 0 atom stereocenters. The average molecular weight is 198 g/mol. The Labute approximate surface area is 79.6 Å². The molecule has 1 rings (SSSR count). The molecule has 0 aliphatic rings. The number of H-pyrrole nitrogens is 1. The predicted molar refractivity (Wildman–Crippen MR) is 48.5 cm³/mol. The maximum atomic E-state index is 10.6.